The third-order valence-corrected chi connectivity index (χ3v) is 5.43. The van der Waals surface area contributed by atoms with E-state index in [2.05, 4.69) is 0 Å². The Balaban J connectivity index is 2.21. The zero-order chi connectivity index (χ0) is 23.1. The van der Waals surface area contributed by atoms with Crippen LogP contribution in [0.3, 0.4) is 0 Å². The average Bonchev–Trinajstić information content (AvgIpc) is 2.73. The normalized spacial score (nSPS) is 12.8. The molecule has 0 spiro atoms. The summed E-state index contributed by atoms with van der Waals surface area (Å²) >= 11 is 0. The first-order chi connectivity index (χ1) is 14.8. The molecule has 0 amide bonds. The van der Waals surface area contributed by atoms with Crippen LogP contribution in [0.5, 0.6) is 5.75 Å². The van der Waals surface area contributed by atoms with Gasteiger partial charge in [0.2, 0.25) is 0 Å². The highest BCUT2D eigenvalue weighted by molar-refractivity contribution is 5.78. The summed E-state index contributed by atoms with van der Waals surface area (Å²) in [6, 6.07) is 7.78. The molecule has 0 saturated carbocycles. The van der Waals surface area contributed by atoms with Gasteiger partial charge in [0.25, 0.3) is 0 Å². The molecule has 1 aromatic carbocycles. The standard InChI is InChI=1S/C25H41NO5/c1-5-30-25(29)17-9-7-6-8-12-21(20(2)27)13-10-15-23(28)19-31-24-16-11-14-22(18-24)26(3)4/h11,14,16,18,21,23,28H,5-10,12-13,15,17,19H2,1-4H3. The van der Waals surface area contributed by atoms with Crippen molar-refractivity contribution in [1.82, 2.24) is 0 Å². The molecule has 2 unspecified atom stereocenters. The largest absolute Gasteiger partial charge is 0.491 e. The number of hydrogen-bond acceptors (Lipinski definition) is 6. The molecule has 1 N–H and O–H groups in total. The number of Topliss-reactive ketones (excluding diaryl/α,β-unsaturated/α-hetero) is 1. The molecule has 0 aliphatic rings. The summed E-state index contributed by atoms with van der Waals surface area (Å²) in [7, 11) is 3.95. The van der Waals surface area contributed by atoms with E-state index in [1.807, 2.05) is 50.2 Å². The molecule has 0 aliphatic heterocycles. The van der Waals surface area contributed by atoms with Crippen LogP contribution >= 0.6 is 0 Å². The summed E-state index contributed by atoms with van der Waals surface area (Å²) in [5.74, 6) is 0.889. The van der Waals surface area contributed by atoms with E-state index in [-0.39, 0.29) is 24.3 Å². The number of aliphatic hydroxyl groups excluding tert-OH is 1. The topological polar surface area (TPSA) is 76.1 Å². The van der Waals surface area contributed by atoms with Crippen LogP contribution in [-0.2, 0) is 14.3 Å². The second-order valence-corrected chi connectivity index (χ2v) is 8.35. The fraction of sp³-hybridized carbons (Fsp3) is 0.680. The van der Waals surface area contributed by atoms with E-state index in [1.54, 1.807) is 6.92 Å². The molecule has 176 valence electrons. The van der Waals surface area contributed by atoms with Gasteiger partial charge in [0.15, 0.2) is 0 Å². The Morgan fingerprint density at radius 3 is 2.42 bits per heavy atom. The van der Waals surface area contributed by atoms with E-state index < -0.39 is 6.10 Å². The minimum atomic E-state index is -0.543. The van der Waals surface area contributed by atoms with E-state index >= 15 is 0 Å². The Kier molecular flexibility index (Phi) is 13.6. The average molecular weight is 436 g/mol. The van der Waals surface area contributed by atoms with Gasteiger partial charge in [-0.3, -0.25) is 9.59 Å². The Morgan fingerprint density at radius 1 is 1.03 bits per heavy atom. The molecule has 1 rings (SSSR count). The second-order valence-electron chi connectivity index (χ2n) is 8.35. The molecular formula is C25H41NO5. The van der Waals surface area contributed by atoms with Crippen LogP contribution in [0.25, 0.3) is 0 Å². The van der Waals surface area contributed by atoms with Crippen LogP contribution < -0.4 is 9.64 Å². The molecule has 0 fully saturated rings. The van der Waals surface area contributed by atoms with E-state index in [9.17, 15) is 14.7 Å². The van der Waals surface area contributed by atoms with E-state index in [0.717, 1.165) is 56.4 Å². The first kappa shape index (κ1) is 27.0. The van der Waals surface area contributed by atoms with Gasteiger partial charge >= 0.3 is 5.97 Å². The van der Waals surface area contributed by atoms with Crippen LogP contribution in [0, 0.1) is 5.92 Å². The minimum absolute atomic E-state index is 0.0509. The molecule has 2 atom stereocenters. The molecule has 0 heterocycles. The number of nitrogens with zero attached hydrogens (tertiary/aromatic N) is 1. The Labute approximate surface area is 187 Å². The number of aliphatic hydroxyl groups is 1. The molecule has 1 aromatic rings. The number of ketones is 1. The minimum Gasteiger partial charge on any atom is -0.491 e. The zero-order valence-corrected chi connectivity index (χ0v) is 19.8. The number of hydrogen-bond donors (Lipinski definition) is 1. The summed E-state index contributed by atoms with van der Waals surface area (Å²) in [6.45, 7) is 4.16. The summed E-state index contributed by atoms with van der Waals surface area (Å²) < 4.78 is 10.6. The summed E-state index contributed by atoms with van der Waals surface area (Å²) in [5, 5.41) is 10.2. The smallest absolute Gasteiger partial charge is 0.305 e. The van der Waals surface area contributed by atoms with Gasteiger partial charge in [0.1, 0.15) is 18.1 Å². The van der Waals surface area contributed by atoms with Gasteiger partial charge in [0.05, 0.1) is 12.7 Å². The van der Waals surface area contributed by atoms with Crippen LogP contribution in [-0.4, -0.2) is 50.3 Å². The number of benzene rings is 1. The van der Waals surface area contributed by atoms with Gasteiger partial charge in [-0.1, -0.05) is 31.7 Å². The molecule has 0 bridgehead atoms. The molecule has 0 aromatic heterocycles. The molecule has 0 aliphatic carbocycles. The fourth-order valence-electron chi connectivity index (χ4n) is 3.52. The monoisotopic (exact) mass is 435 g/mol. The number of carbonyl (C=O) groups excluding carboxylic acids is 2. The highest BCUT2D eigenvalue weighted by Crippen LogP contribution is 2.21. The van der Waals surface area contributed by atoms with Crippen molar-refractivity contribution in [2.45, 2.75) is 77.7 Å². The maximum absolute atomic E-state index is 11.9. The quantitative estimate of drug-likeness (QED) is 0.281. The van der Waals surface area contributed by atoms with Crippen molar-refractivity contribution in [2.24, 2.45) is 5.92 Å². The van der Waals surface area contributed by atoms with Crippen LogP contribution in [0.4, 0.5) is 5.69 Å². The lowest BCUT2D eigenvalue weighted by Gasteiger charge is -2.17. The summed E-state index contributed by atoms with van der Waals surface area (Å²) in [6.07, 6.45) is 6.85. The van der Waals surface area contributed by atoms with Gasteiger partial charge in [-0.2, -0.15) is 0 Å². The van der Waals surface area contributed by atoms with E-state index in [1.165, 1.54) is 0 Å². The van der Waals surface area contributed by atoms with Crippen molar-refractivity contribution in [1.29, 1.82) is 0 Å². The number of anilines is 1. The summed E-state index contributed by atoms with van der Waals surface area (Å²) in [5.41, 5.74) is 1.05. The first-order valence-corrected chi connectivity index (χ1v) is 11.6. The van der Waals surface area contributed by atoms with Gasteiger partial charge in [-0.05, 0) is 51.7 Å². The Hall–Kier alpha value is -2.08. The second kappa shape index (κ2) is 15.7. The predicted molar refractivity (Wildman–Crippen MR) is 125 cm³/mol. The molecule has 6 nitrogen and oxygen atoms in total. The van der Waals surface area contributed by atoms with E-state index in [4.69, 9.17) is 9.47 Å². The zero-order valence-electron chi connectivity index (χ0n) is 19.8. The number of unbranched alkanes of at least 4 members (excludes halogenated alkanes) is 3. The van der Waals surface area contributed by atoms with Crippen LogP contribution in [0.2, 0.25) is 0 Å². The van der Waals surface area contributed by atoms with Gasteiger partial charge in [-0.25, -0.2) is 0 Å². The lowest BCUT2D eigenvalue weighted by molar-refractivity contribution is -0.143. The lowest BCUT2D eigenvalue weighted by atomic mass is 9.91. The van der Waals surface area contributed by atoms with Crippen molar-refractivity contribution >= 4 is 17.4 Å². The van der Waals surface area contributed by atoms with Crippen molar-refractivity contribution in [3.8, 4) is 5.75 Å². The molecule has 31 heavy (non-hydrogen) atoms. The SMILES string of the molecule is CCOC(=O)CCCCCCC(CCCC(O)COc1cccc(N(C)C)c1)C(C)=O. The van der Waals surface area contributed by atoms with Crippen LogP contribution in [0.1, 0.15) is 71.6 Å². The number of esters is 1. The number of rotatable bonds is 17. The highest BCUT2D eigenvalue weighted by atomic mass is 16.5. The number of carbonyl (C=O) groups is 2. The number of ether oxygens (including phenoxy) is 2. The first-order valence-electron chi connectivity index (χ1n) is 11.6. The lowest BCUT2D eigenvalue weighted by Crippen LogP contribution is -2.19. The van der Waals surface area contributed by atoms with Gasteiger partial charge < -0.3 is 19.5 Å². The van der Waals surface area contributed by atoms with E-state index in [0.29, 0.717) is 19.4 Å². The van der Waals surface area contributed by atoms with Crippen molar-refractivity contribution < 1.29 is 24.2 Å². The molecule has 0 saturated heterocycles. The third-order valence-electron chi connectivity index (χ3n) is 5.43. The van der Waals surface area contributed by atoms with Gasteiger partial charge in [-0.15, -0.1) is 0 Å². The third kappa shape index (κ3) is 12.4. The maximum Gasteiger partial charge on any atom is 0.305 e. The highest BCUT2D eigenvalue weighted by Gasteiger charge is 2.15. The molecule has 6 heteroatoms. The summed E-state index contributed by atoms with van der Waals surface area (Å²) in [4.78, 5) is 25.3. The molecular weight excluding hydrogens is 394 g/mol. The van der Waals surface area contributed by atoms with Crippen LogP contribution in [0.15, 0.2) is 24.3 Å². The van der Waals surface area contributed by atoms with Crippen molar-refractivity contribution in [3.05, 3.63) is 24.3 Å². The van der Waals surface area contributed by atoms with Gasteiger partial charge in [0, 0.05) is 38.2 Å². The predicted octanol–water partition coefficient (Wildman–Crippen LogP) is 4.77. The molecule has 0 radical (unpaired) electrons. The van der Waals surface area contributed by atoms with Crippen molar-refractivity contribution in [2.75, 3.05) is 32.2 Å². The maximum atomic E-state index is 11.9. The fourth-order valence-corrected chi connectivity index (χ4v) is 3.52. The van der Waals surface area contributed by atoms with Crippen molar-refractivity contribution in [3.63, 3.8) is 0 Å². The Morgan fingerprint density at radius 2 is 1.74 bits per heavy atom. The Bertz CT molecular complexity index is 647.